The van der Waals surface area contributed by atoms with E-state index in [4.69, 9.17) is 14.2 Å². The molecule has 0 rings (SSSR count). The molecule has 5 heteroatoms. The molecule has 1 unspecified atom stereocenters. The first-order valence-electron chi connectivity index (χ1n) is 28.5. The Morgan fingerprint density at radius 1 is 0.348 bits per heavy atom. The maximum atomic E-state index is 12.9. The molecule has 0 amide bonds. The van der Waals surface area contributed by atoms with Gasteiger partial charge < -0.3 is 14.2 Å². The van der Waals surface area contributed by atoms with Gasteiger partial charge in [-0.2, -0.15) is 0 Å². The van der Waals surface area contributed by atoms with Gasteiger partial charge in [0.25, 0.3) is 0 Å². The van der Waals surface area contributed by atoms with Crippen LogP contribution in [0.15, 0.2) is 72.9 Å². The fourth-order valence-electron chi connectivity index (χ4n) is 7.96. The van der Waals surface area contributed by atoms with Crippen LogP contribution < -0.4 is 0 Å². The van der Waals surface area contributed by atoms with Crippen molar-refractivity contribution in [3.8, 4) is 0 Å². The number of esters is 2. The Balaban J connectivity index is 4.31. The predicted octanol–water partition coefficient (Wildman–Crippen LogP) is 19.5. The van der Waals surface area contributed by atoms with Crippen molar-refractivity contribution in [1.82, 2.24) is 0 Å². The second-order valence-electron chi connectivity index (χ2n) is 18.8. The Morgan fingerprint density at radius 2 is 0.682 bits per heavy atom. The summed E-state index contributed by atoms with van der Waals surface area (Å²) in [6.07, 6.45) is 73.4. The molecule has 0 aliphatic rings. The van der Waals surface area contributed by atoms with E-state index in [0.717, 1.165) is 83.5 Å². The molecule has 5 nitrogen and oxygen atoms in total. The van der Waals surface area contributed by atoms with Crippen LogP contribution in [0.3, 0.4) is 0 Å². The highest BCUT2D eigenvalue weighted by Gasteiger charge is 2.17. The largest absolute Gasteiger partial charge is 0.462 e. The zero-order valence-electron chi connectivity index (χ0n) is 44.0. The van der Waals surface area contributed by atoms with Gasteiger partial charge in [0.05, 0.1) is 6.61 Å². The van der Waals surface area contributed by atoms with Crippen molar-refractivity contribution in [3.63, 3.8) is 0 Å². The number of rotatable bonds is 52. The fraction of sp³-hybridized carbons (Fsp3) is 0.770. The lowest BCUT2D eigenvalue weighted by Gasteiger charge is -2.18. The Kier molecular flexibility index (Phi) is 54.4. The van der Waals surface area contributed by atoms with Crippen molar-refractivity contribution in [2.75, 3.05) is 19.8 Å². The first-order valence-corrected chi connectivity index (χ1v) is 28.5. The summed E-state index contributed by atoms with van der Waals surface area (Å²) in [5.41, 5.74) is 0. The van der Waals surface area contributed by atoms with Crippen molar-refractivity contribution in [1.29, 1.82) is 0 Å². The molecule has 0 N–H and O–H groups in total. The summed E-state index contributed by atoms with van der Waals surface area (Å²) >= 11 is 0. The zero-order chi connectivity index (χ0) is 47.7. The molecule has 0 aromatic carbocycles. The molecular weight excluding hydrogens is 813 g/mol. The van der Waals surface area contributed by atoms with Crippen LogP contribution in [0.5, 0.6) is 0 Å². The average Bonchev–Trinajstić information content (AvgIpc) is 3.32. The van der Waals surface area contributed by atoms with Gasteiger partial charge in [-0.25, -0.2) is 0 Å². The molecule has 66 heavy (non-hydrogen) atoms. The van der Waals surface area contributed by atoms with Gasteiger partial charge in [0, 0.05) is 19.4 Å². The fourth-order valence-corrected chi connectivity index (χ4v) is 7.96. The Bertz CT molecular complexity index is 1180. The molecule has 0 aromatic rings. The number of ether oxygens (including phenoxy) is 3. The van der Waals surface area contributed by atoms with Gasteiger partial charge in [0.2, 0.25) is 0 Å². The van der Waals surface area contributed by atoms with E-state index in [1.165, 1.54) is 161 Å². The summed E-state index contributed by atoms with van der Waals surface area (Å²) in [5, 5.41) is 0. The summed E-state index contributed by atoms with van der Waals surface area (Å²) in [6.45, 7) is 7.69. The van der Waals surface area contributed by atoms with Crippen LogP contribution in [-0.2, 0) is 23.8 Å². The quantitative estimate of drug-likeness (QED) is 0.0346. The summed E-state index contributed by atoms with van der Waals surface area (Å²) in [4.78, 5) is 25.5. The zero-order valence-corrected chi connectivity index (χ0v) is 44.0. The Hall–Kier alpha value is -2.66. The molecule has 0 aliphatic heterocycles. The normalized spacial score (nSPS) is 12.7. The third-order valence-electron chi connectivity index (χ3n) is 12.2. The van der Waals surface area contributed by atoms with Crippen molar-refractivity contribution < 1.29 is 23.8 Å². The molecule has 0 spiro atoms. The van der Waals surface area contributed by atoms with Crippen LogP contribution >= 0.6 is 0 Å². The second kappa shape index (κ2) is 56.7. The van der Waals surface area contributed by atoms with E-state index < -0.39 is 6.10 Å². The lowest BCUT2D eigenvalue weighted by Crippen LogP contribution is -2.30. The topological polar surface area (TPSA) is 61.8 Å². The maximum Gasteiger partial charge on any atom is 0.306 e. The van der Waals surface area contributed by atoms with Crippen LogP contribution in [0.4, 0.5) is 0 Å². The van der Waals surface area contributed by atoms with Crippen molar-refractivity contribution >= 4 is 11.9 Å². The van der Waals surface area contributed by atoms with E-state index >= 15 is 0 Å². The molecule has 0 saturated heterocycles. The molecular formula is C61H108O5. The van der Waals surface area contributed by atoms with E-state index in [9.17, 15) is 9.59 Å². The minimum atomic E-state index is -0.550. The van der Waals surface area contributed by atoms with Gasteiger partial charge in [-0.05, 0) is 109 Å². The van der Waals surface area contributed by atoms with Gasteiger partial charge in [-0.3, -0.25) is 9.59 Å². The molecule has 382 valence electrons. The maximum absolute atomic E-state index is 12.9. The molecule has 0 fully saturated rings. The lowest BCUT2D eigenvalue weighted by atomic mass is 10.1. The standard InChI is InChI=1S/C61H108O5/c1-4-7-10-13-16-19-22-25-28-31-33-36-39-42-45-48-51-54-60(62)65-58-59(57-64-56-53-50-47-44-41-38-35-30-27-24-21-18-15-12-9-6-3)66-61(63)55-52-49-46-43-40-37-34-32-29-26-23-20-17-14-11-8-5-2/h7,10,16-17,19-20,25-30,59H,4-6,8-9,11-15,18,21-24,31-58H2,1-3H3/b10-7-,19-16-,20-17-,28-25-,29-26-,30-27-. The monoisotopic (exact) mass is 921 g/mol. The van der Waals surface area contributed by atoms with Crippen molar-refractivity contribution in [3.05, 3.63) is 72.9 Å². The smallest absolute Gasteiger partial charge is 0.306 e. The van der Waals surface area contributed by atoms with Gasteiger partial charge in [0.1, 0.15) is 6.61 Å². The highest BCUT2D eigenvalue weighted by Crippen LogP contribution is 2.15. The SMILES string of the molecule is CC/C=C\C/C=C\C/C=C\CCCCCCCCCC(=O)OCC(COCCCCCCCC/C=C\CCCCCCCC)OC(=O)CCCCCCCCC/C=C\C/C=C\CCCCC. The van der Waals surface area contributed by atoms with Gasteiger partial charge in [-0.1, -0.05) is 229 Å². The molecule has 0 aliphatic carbocycles. The van der Waals surface area contributed by atoms with E-state index in [1.807, 2.05) is 0 Å². The van der Waals surface area contributed by atoms with Crippen LogP contribution in [0.25, 0.3) is 0 Å². The van der Waals surface area contributed by atoms with Gasteiger partial charge in [0.15, 0.2) is 6.10 Å². The second-order valence-corrected chi connectivity index (χ2v) is 18.8. The number of hydrogen-bond donors (Lipinski definition) is 0. The summed E-state index contributed by atoms with van der Waals surface area (Å²) in [7, 11) is 0. The minimum absolute atomic E-state index is 0.0734. The summed E-state index contributed by atoms with van der Waals surface area (Å²) < 4.78 is 17.5. The number of carbonyl (C=O) groups excluding carboxylic acids is 2. The van der Waals surface area contributed by atoms with E-state index in [0.29, 0.717) is 19.4 Å². The highest BCUT2D eigenvalue weighted by atomic mass is 16.6. The molecule has 0 saturated carbocycles. The highest BCUT2D eigenvalue weighted by molar-refractivity contribution is 5.70. The number of hydrogen-bond acceptors (Lipinski definition) is 5. The lowest BCUT2D eigenvalue weighted by molar-refractivity contribution is -0.163. The molecule has 0 bridgehead atoms. The summed E-state index contributed by atoms with van der Waals surface area (Å²) in [5.74, 6) is -0.413. The minimum Gasteiger partial charge on any atom is -0.462 e. The first-order chi connectivity index (χ1) is 32.6. The molecule has 0 heterocycles. The number of unbranched alkanes of at least 4 members (excludes halogenated alkanes) is 29. The molecule has 1 atom stereocenters. The van der Waals surface area contributed by atoms with Gasteiger partial charge in [-0.15, -0.1) is 0 Å². The first kappa shape index (κ1) is 63.3. The van der Waals surface area contributed by atoms with Crippen molar-refractivity contribution in [2.45, 2.75) is 284 Å². The average molecular weight is 922 g/mol. The van der Waals surface area contributed by atoms with E-state index in [1.54, 1.807) is 0 Å². The van der Waals surface area contributed by atoms with E-state index in [2.05, 4.69) is 93.7 Å². The van der Waals surface area contributed by atoms with Crippen LogP contribution in [0.1, 0.15) is 278 Å². The third kappa shape index (κ3) is 54.0. The van der Waals surface area contributed by atoms with Crippen LogP contribution in [0, 0.1) is 0 Å². The third-order valence-corrected chi connectivity index (χ3v) is 12.2. The molecule has 0 aromatic heterocycles. The van der Waals surface area contributed by atoms with Crippen molar-refractivity contribution in [2.24, 2.45) is 0 Å². The van der Waals surface area contributed by atoms with Crippen LogP contribution in [0.2, 0.25) is 0 Å². The number of carbonyl (C=O) groups is 2. The molecule has 0 radical (unpaired) electrons. The summed E-state index contributed by atoms with van der Waals surface area (Å²) in [6, 6.07) is 0. The predicted molar refractivity (Wildman–Crippen MR) is 288 cm³/mol. The van der Waals surface area contributed by atoms with Crippen LogP contribution in [-0.4, -0.2) is 37.9 Å². The van der Waals surface area contributed by atoms with E-state index in [-0.39, 0.29) is 25.2 Å². The Labute approximate surface area is 410 Å². The van der Waals surface area contributed by atoms with Gasteiger partial charge >= 0.3 is 11.9 Å². The Morgan fingerprint density at radius 3 is 1.14 bits per heavy atom. The number of allylic oxidation sites excluding steroid dienone is 12.